The van der Waals surface area contributed by atoms with Gasteiger partial charge in [-0.15, -0.1) is 0 Å². The zero-order valence-electron chi connectivity index (χ0n) is 17.5. The molecular formula is C23H22N4O2S2. The lowest BCUT2D eigenvalue weighted by atomic mass is 10.1. The van der Waals surface area contributed by atoms with Gasteiger partial charge in [-0.05, 0) is 43.9 Å². The highest BCUT2D eigenvalue weighted by Gasteiger charge is 2.18. The zero-order chi connectivity index (χ0) is 22.0. The number of amides is 1. The summed E-state index contributed by atoms with van der Waals surface area (Å²) in [5.41, 5.74) is 5.03. The topological polar surface area (TPSA) is 76.9 Å². The van der Waals surface area contributed by atoms with Crippen LogP contribution in [0.3, 0.4) is 0 Å². The Balaban J connectivity index is 1.64. The van der Waals surface area contributed by atoms with Gasteiger partial charge in [0, 0.05) is 17.8 Å². The molecule has 0 unspecified atom stereocenters. The Hall–Kier alpha value is -2.97. The second-order valence-electron chi connectivity index (χ2n) is 7.17. The second-order valence-corrected chi connectivity index (χ2v) is 8.89. The third-order valence-electron chi connectivity index (χ3n) is 4.94. The Morgan fingerprint density at radius 1 is 1.13 bits per heavy atom. The van der Waals surface area contributed by atoms with Gasteiger partial charge < -0.3 is 5.32 Å². The van der Waals surface area contributed by atoms with E-state index in [1.54, 1.807) is 4.57 Å². The van der Waals surface area contributed by atoms with Crippen LogP contribution < -0.4 is 10.9 Å². The van der Waals surface area contributed by atoms with E-state index >= 15 is 0 Å². The van der Waals surface area contributed by atoms with Crippen molar-refractivity contribution in [3.05, 3.63) is 70.0 Å². The first kappa shape index (κ1) is 21.3. The first-order chi connectivity index (χ1) is 15.0. The lowest BCUT2D eigenvalue weighted by molar-refractivity contribution is -0.113. The summed E-state index contributed by atoms with van der Waals surface area (Å²) in [6, 6.07) is 15.6. The number of thioether (sulfide) groups is 1. The molecule has 0 aliphatic heterocycles. The molecule has 0 fully saturated rings. The summed E-state index contributed by atoms with van der Waals surface area (Å²) in [5.74, 6) is 0.0162. The fraction of sp³-hybridized carbons (Fsp3) is 0.217. The molecule has 4 aromatic rings. The van der Waals surface area contributed by atoms with Gasteiger partial charge in [0.15, 0.2) is 5.16 Å². The molecule has 0 bridgehead atoms. The van der Waals surface area contributed by atoms with Crippen LogP contribution in [0.1, 0.15) is 18.1 Å². The fourth-order valence-corrected chi connectivity index (χ4v) is 4.86. The number of para-hydroxylation sites is 1. The Labute approximate surface area is 188 Å². The number of benzene rings is 2. The van der Waals surface area contributed by atoms with Crippen molar-refractivity contribution < 1.29 is 4.79 Å². The molecule has 4 rings (SSSR count). The van der Waals surface area contributed by atoms with Gasteiger partial charge in [-0.25, -0.2) is 4.98 Å². The first-order valence-electron chi connectivity index (χ1n) is 9.93. The number of aromatic nitrogens is 3. The van der Waals surface area contributed by atoms with Gasteiger partial charge in [-0.1, -0.05) is 59.8 Å². The zero-order valence-corrected chi connectivity index (χ0v) is 19.1. The van der Waals surface area contributed by atoms with Crippen molar-refractivity contribution in [1.82, 2.24) is 13.9 Å². The van der Waals surface area contributed by atoms with Crippen molar-refractivity contribution in [2.24, 2.45) is 0 Å². The number of fused-ring (bicyclic) bond motifs is 1. The van der Waals surface area contributed by atoms with Gasteiger partial charge in [0.1, 0.15) is 15.9 Å². The lowest BCUT2D eigenvalue weighted by Gasteiger charge is -2.11. The van der Waals surface area contributed by atoms with Crippen LogP contribution >= 0.6 is 23.3 Å². The summed E-state index contributed by atoms with van der Waals surface area (Å²) in [4.78, 5) is 30.3. The van der Waals surface area contributed by atoms with Crippen LogP contribution in [0.5, 0.6) is 0 Å². The molecule has 0 spiro atoms. The van der Waals surface area contributed by atoms with Crippen LogP contribution in [0.25, 0.3) is 21.5 Å². The molecule has 0 radical (unpaired) electrons. The van der Waals surface area contributed by atoms with E-state index in [9.17, 15) is 9.59 Å². The van der Waals surface area contributed by atoms with Crippen molar-refractivity contribution in [3.63, 3.8) is 0 Å². The van der Waals surface area contributed by atoms with E-state index in [1.165, 1.54) is 23.3 Å². The largest absolute Gasteiger partial charge is 0.325 e. The molecule has 2 aromatic carbocycles. The fourth-order valence-electron chi connectivity index (χ4n) is 3.21. The van der Waals surface area contributed by atoms with Gasteiger partial charge in [0.2, 0.25) is 5.91 Å². The molecule has 2 heterocycles. The minimum absolute atomic E-state index is 0.120. The molecular weight excluding hydrogens is 428 g/mol. The summed E-state index contributed by atoms with van der Waals surface area (Å²) < 4.78 is 6.65. The molecule has 158 valence electrons. The minimum Gasteiger partial charge on any atom is -0.325 e. The summed E-state index contributed by atoms with van der Waals surface area (Å²) in [6.45, 7) is 6.34. The molecule has 31 heavy (non-hydrogen) atoms. The Morgan fingerprint density at radius 3 is 2.58 bits per heavy atom. The Bertz CT molecular complexity index is 1310. The van der Waals surface area contributed by atoms with Crippen LogP contribution in [-0.4, -0.2) is 25.6 Å². The van der Waals surface area contributed by atoms with E-state index in [0.29, 0.717) is 27.6 Å². The van der Waals surface area contributed by atoms with Gasteiger partial charge in [0.25, 0.3) is 5.56 Å². The SMILES string of the molecule is CCn1c(SCC(=O)Nc2ccccc2C)nc2c(-c3ccc(C)cc3)nsc2c1=O. The summed E-state index contributed by atoms with van der Waals surface area (Å²) in [7, 11) is 0. The van der Waals surface area contributed by atoms with Crippen LogP contribution in [0.4, 0.5) is 5.69 Å². The molecule has 0 atom stereocenters. The molecule has 0 aliphatic rings. The smallest absolute Gasteiger partial charge is 0.273 e. The van der Waals surface area contributed by atoms with Gasteiger partial charge >= 0.3 is 0 Å². The maximum atomic E-state index is 13.0. The monoisotopic (exact) mass is 450 g/mol. The maximum absolute atomic E-state index is 13.0. The highest BCUT2D eigenvalue weighted by molar-refractivity contribution is 7.99. The van der Waals surface area contributed by atoms with Gasteiger partial charge in [0.05, 0.1) is 5.75 Å². The van der Waals surface area contributed by atoms with E-state index in [4.69, 9.17) is 4.98 Å². The van der Waals surface area contributed by atoms with Crippen molar-refractivity contribution in [1.29, 1.82) is 0 Å². The van der Waals surface area contributed by atoms with E-state index in [1.807, 2.05) is 69.3 Å². The minimum atomic E-state index is -0.140. The van der Waals surface area contributed by atoms with Crippen LogP contribution in [0, 0.1) is 13.8 Å². The van der Waals surface area contributed by atoms with E-state index in [0.717, 1.165) is 22.4 Å². The molecule has 0 saturated carbocycles. The Morgan fingerprint density at radius 2 is 1.87 bits per heavy atom. The standard InChI is InChI=1S/C23H22N4O2S2/c1-4-27-22(29)21-20(19(26-31-21)16-11-9-14(2)10-12-16)25-23(27)30-13-18(28)24-17-8-6-5-7-15(17)3/h5-12H,4,13H2,1-3H3,(H,24,28). The molecule has 6 nitrogen and oxygen atoms in total. The molecule has 1 amide bonds. The number of nitrogens with one attached hydrogen (secondary N) is 1. The van der Waals surface area contributed by atoms with E-state index in [-0.39, 0.29) is 17.2 Å². The number of aryl methyl sites for hydroxylation is 2. The average Bonchev–Trinajstić information content (AvgIpc) is 3.19. The maximum Gasteiger partial charge on any atom is 0.273 e. The van der Waals surface area contributed by atoms with Gasteiger partial charge in [-0.3, -0.25) is 14.2 Å². The number of rotatable bonds is 6. The number of hydrogen-bond acceptors (Lipinski definition) is 6. The Kier molecular flexibility index (Phi) is 6.20. The van der Waals surface area contributed by atoms with Gasteiger partial charge in [-0.2, -0.15) is 4.37 Å². The third-order valence-corrected chi connectivity index (χ3v) is 6.74. The summed E-state index contributed by atoms with van der Waals surface area (Å²) in [5, 5.41) is 3.44. The predicted octanol–water partition coefficient (Wildman–Crippen LogP) is 4.89. The average molecular weight is 451 g/mol. The number of anilines is 1. The lowest BCUT2D eigenvalue weighted by Crippen LogP contribution is -2.23. The summed E-state index contributed by atoms with van der Waals surface area (Å²) in [6.07, 6.45) is 0. The number of carbonyl (C=O) groups is 1. The third kappa shape index (κ3) is 4.40. The van der Waals surface area contributed by atoms with Crippen LogP contribution in [0.15, 0.2) is 58.5 Å². The second kappa shape index (κ2) is 9.03. The molecule has 2 aromatic heterocycles. The normalized spacial score (nSPS) is 11.1. The number of carbonyl (C=O) groups excluding carboxylic acids is 1. The van der Waals surface area contributed by atoms with Crippen molar-refractivity contribution in [3.8, 4) is 11.3 Å². The van der Waals surface area contributed by atoms with Crippen molar-refractivity contribution in [2.45, 2.75) is 32.5 Å². The predicted molar refractivity (Wildman–Crippen MR) is 128 cm³/mol. The van der Waals surface area contributed by atoms with Crippen molar-refractivity contribution >= 4 is 45.1 Å². The highest BCUT2D eigenvalue weighted by Crippen LogP contribution is 2.29. The van der Waals surface area contributed by atoms with Crippen LogP contribution in [-0.2, 0) is 11.3 Å². The molecule has 8 heteroatoms. The molecule has 1 N–H and O–H groups in total. The van der Waals surface area contributed by atoms with E-state index < -0.39 is 0 Å². The van der Waals surface area contributed by atoms with E-state index in [2.05, 4.69) is 9.69 Å². The highest BCUT2D eigenvalue weighted by atomic mass is 32.2. The summed E-state index contributed by atoms with van der Waals surface area (Å²) >= 11 is 2.43. The van der Waals surface area contributed by atoms with Crippen molar-refractivity contribution in [2.75, 3.05) is 11.1 Å². The molecule has 0 aliphatic carbocycles. The first-order valence-corrected chi connectivity index (χ1v) is 11.7. The number of nitrogens with zero attached hydrogens (tertiary/aromatic N) is 3. The quantitative estimate of drug-likeness (QED) is 0.334. The number of hydrogen-bond donors (Lipinski definition) is 1. The van der Waals surface area contributed by atoms with Crippen LogP contribution in [0.2, 0.25) is 0 Å². The molecule has 0 saturated heterocycles.